The molecule has 5 N–H and O–H groups in total. The first-order chi connectivity index (χ1) is 9.54. The van der Waals surface area contributed by atoms with E-state index >= 15 is 0 Å². The molecule has 10 heteroatoms. The van der Waals surface area contributed by atoms with E-state index in [2.05, 4.69) is 20.2 Å². The Morgan fingerprint density at radius 1 is 1.15 bits per heavy atom. The SMILES string of the molecule is Cc1nc2nc(N)n3c(N)nnc3n2c(=O)c1CCO. The highest BCUT2D eigenvalue weighted by molar-refractivity contribution is 5.52. The number of nitrogens with two attached hydrogens (primary N) is 2. The van der Waals surface area contributed by atoms with Crippen molar-refractivity contribution in [2.45, 2.75) is 13.3 Å². The Balaban J connectivity index is 2.55. The van der Waals surface area contributed by atoms with E-state index in [1.807, 2.05) is 0 Å². The third-order valence-corrected chi connectivity index (χ3v) is 3.04. The minimum atomic E-state index is -0.369. The quantitative estimate of drug-likeness (QED) is 0.493. The molecule has 0 aromatic carbocycles. The van der Waals surface area contributed by atoms with Crippen LogP contribution >= 0.6 is 0 Å². The fraction of sp³-hybridized carbons (Fsp3) is 0.300. The summed E-state index contributed by atoms with van der Waals surface area (Å²) in [6, 6.07) is 0. The number of aryl methyl sites for hydroxylation is 1. The molecule has 0 aliphatic rings. The predicted molar refractivity (Wildman–Crippen MR) is 70.2 cm³/mol. The van der Waals surface area contributed by atoms with Crippen LogP contribution in [-0.2, 0) is 6.42 Å². The van der Waals surface area contributed by atoms with Crippen LogP contribution in [-0.4, -0.2) is 40.7 Å². The first kappa shape index (κ1) is 12.3. The van der Waals surface area contributed by atoms with Gasteiger partial charge in [-0.25, -0.2) is 13.8 Å². The largest absolute Gasteiger partial charge is 0.396 e. The lowest BCUT2D eigenvalue weighted by atomic mass is 10.2. The molecular weight excluding hydrogens is 264 g/mol. The van der Waals surface area contributed by atoms with Crippen LogP contribution in [0.4, 0.5) is 11.9 Å². The molecule has 0 bridgehead atoms. The van der Waals surface area contributed by atoms with Gasteiger partial charge in [0.05, 0.1) is 5.69 Å². The Morgan fingerprint density at radius 2 is 1.90 bits per heavy atom. The number of hydrogen-bond acceptors (Lipinski definition) is 8. The van der Waals surface area contributed by atoms with Crippen molar-refractivity contribution in [1.29, 1.82) is 0 Å². The van der Waals surface area contributed by atoms with E-state index in [4.69, 9.17) is 16.6 Å². The van der Waals surface area contributed by atoms with E-state index in [1.54, 1.807) is 6.92 Å². The van der Waals surface area contributed by atoms with Crippen molar-refractivity contribution >= 4 is 23.5 Å². The zero-order chi connectivity index (χ0) is 14.4. The van der Waals surface area contributed by atoms with Crippen LogP contribution in [0.5, 0.6) is 0 Å². The molecule has 3 heterocycles. The normalized spacial score (nSPS) is 11.5. The number of aromatic nitrogens is 6. The van der Waals surface area contributed by atoms with E-state index in [9.17, 15) is 4.79 Å². The molecule has 3 aromatic rings. The minimum absolute atomic E-state index is 0.0306. The summed E-state index contributed by atoms with van der Waals surface area (Å²) in [5.41, 5.74) is 11.9. The zero-order valence-electron chi connectivity index (χ0n) is 10.6. The van der Waals surface area contributed by atoms with Crippen LogP contribution in [0.2, 0.25) is 0 Å². The summed E-state index contributed by atoms with van der Waals surface area (Å²) in [5, 5.41) is 16.5. The molecule has 0 aliphatic heterocycles. The van der Waals surface area contributed by atoms with Gasteiger partial charge in [-0.3, -0.25) is 4.79 Å². The minimum Gasteiger partial charge on any atom is -0.396 e. The summed E-state index contributed by atoms with van der Waals surface area (Å²) in [5.74, 6) is 0.333. The first-order valence-electron chi connectivity index (χ1n) is 5.83. The van der Waals surface area contributed by atoms with Gasteiger partial charge in [-0.15, -0.1) is 10.2 Å². The average Bonchev–Trinajstić information content (AvgIpc) is 2.77. The van der Waals surface area contributed by atoms with E-state index < -0.39 is 0 Å². The molecule has 0 fully saturated rings. The highest BCUT2D eigenvalue weighted by Crippen LogP contribution is 2.12. The maximum atomic E-state index is 12.5. The number of anilines is 2. The summed E-state index contributed by atoms with van der Waals surface area (Å²) < 4.78 is 2.44. The molecule has 0 saturated carbocycles. The first-order valence-corrected chi connectivity index (χ1v) is 5.83. The number of nitrogens with zero attached hydrogens (tertiary/aromatic N) is 6. The molecule has 0 radical (unpaired) electrons. The Hall–Kier alpha value is -2.75. The summed E-state index contributed by atoms with van der Waals surface area (Å²) >= 11 is 0. The molecule has 10 nitrogen and oxygen atoms in total. The van der Waals surface area contributed by atoms with Gasteiger partial charge in [0, 0.05) is 18.6 Å². The van der Waals surface area contributed by atoms with Crippen molar-refractivity contribution in [3.05, 3.63) is 21.6 Å². The Bertz CT molecular complexity index is 880. The van der Waals surface area contributed by atoms with Gasteiger partial charge >= 0.3 is 0 Å². The van der Waals surface area contributed by atoms with Gasteiger partial charge in [-0.1, -0.05) is 0 Å². The highest BCUT2D eigenvalue weighted by atomic mass is 16.3. The molecule has 0 spiro atoms. The third kappa shape index (κ3) is 1.51. The van der Waals surface area contributed by atoms with Gasteiger partial charge in [0.2, 0.25) is 23.5 Å². The second kappa shape index (κ2) is 4.13. The maximum Gasteiger partial charge on any atom is 0.265 e. The van der Waals surface area contributed by atoms with Crippen LogP contribution < -0.4 is 17.0 Å². The molecule has 0 atom stereocenters. The Morgan fingerprint density at radius 3 is 2.60 bits per heavy atom. The monoisotopic (exact) mass is 276 g/mol. The summed E-state index contributed by atoms with van der Waals surface area (Å²) in [6.45, 7) is 1.52. The smallest absolute Gasteiger partial charge is 0.265 e. The van der Waals surface area contributed by atoms with Gasteiger partial charge in [0.1, 0.15) is 0 Å². The fourth-order valence-electron chi connectivity index (χ4n) is 2.11. The standard InChI is InChI=1S/C10H12N8O2/c1-4-5(2-3-19)6(20)17-9(13-4)14-7(11)18-8(12)15-16-10(17)18/h19H,2-3H2,1H3,(H2,12,15)(H2,11,13,14). The number of nitrogen functional groups attached to an aromatic ring is 2. The molecule has 20 heavy (non-hydrogen) atoms. The van der Waals surface area contributed by atoms with Gasteiger partial charge in [0.25, 0.3) is 5.56 Å². The van der Waals surface area contributed by atoms with E-state index in [-0.39, 0.29) is 42.0 Å². The molecule has 0 aliphatic carbocycles. The molecule has 0 saturated heterocycles. The number of rotatable bonds is 2. The van der Waals surface area contributed by atoms with E-state index in [0.717, 1.165) is 0 Å². The second-order valence-electron chi connectivity index (χ2n) is 4.25. The van der Waals surface area contributed by atoms with Crippen LogP contribution in [0.3, 0.4) is 0 Å². The van der Waals surface area contributed by atoms with Crippen molar-refractivity contribution in [2.24, 2.45) is 0 Å². The Kier molecular flexibility index (Phi) is 2.54. The number of aliphatic hydroxyl groups is 1. The average molecular weight is 276 g/mol. The molecule has 104 valence electrons. The lowest BCUT2D eigenvalue weighted by Gasteiger charge is -2.08. The second-order valence-corrected chi connectivity index (χ2v) is 4.25. The van der Waals surface area contributed by atoms with Gasteiger partial charge < -0.3 is 16.6 Å². The van der Waals surface area contributed by atoms with Crippen LogP contribution in [0.1, 0.15) is 11.3 Å². The summed E-state index contributed by atoms with van der Waals surface area (Å²) in [4.78, 5) is 20.7. The fourth-order valence-corrected chi connectivity index (χ4v) is 2.11. The van der Waals surface area contributed by atoms with Crippen molar-refractivity contribution in [3.8, 4) is 0 Å². The van der Waals surface area contributed by atoms with Crippen molar-refractivity contribution < 1.29 is 5.11 Å². The third-order valence-electron chi connectivity index (χ3n) is 3.04. The molecular formula is C10H12N8O2. The van der Waals surface area contributed by atoms with Crippen LogP contribution in [0.15, 0.2) is 4.79 Å². The topological polar surface area (TPSA) is 150 Å². The summed E-state index contributed by atoms with van der Waals surface area (Å²) in [6.07, 6.45) is 0.195. The van der Waals surface area contributed by atoms with Gasteiger partial charge in [-0.2, -0.15) is 4.98 Å². The number of aliphatic hydroxyl groups excluding tert-OH is 1. The number of hydrogen-bond donors (Lipinski definition) is 3. The Labute approximate surface area is 111 Å². The molecule has 0 amide bonds. The molecule has 3 aromatic heterocycles. The van der Waals surface area contributed by atoms with Crippen molar-refractivity contribution in [3.63, 3.8) is 0 Å². The lowest BCUT2D eigenvalue weighted by Crippen LogP contribution is -2.25. The van der Waals surface area contributed by atoms with Gasteiger partial charge in [0.15, 0.2) is 0 Å². The van der Waals surface area contributed by atoms with E-state index in [0.29, 0.717) is 11.3 Å². The van der Waals surface area contributed by atoms with Crippen molar-refractivity contribution in [2.75, 3.05) is 18.1 Å². The highest BCUT2D eigenvalue weighted by Gasteiger charge is 2.17. The molecule has 3 rings (SSSR count). The zero-order valence-corrected chi connectivity index (χ0v) is 10.6. The van der Waals surface area contributed by atoms with Crippen LogP contribution in [0.25, 0.3) is 11.6 Å². The lowest BCUT2D eigenvalue weighted by molar-refractivity contribution is 0.298. The summed E-state index contributed by atoms with van der Waals surface area (Å²) in [7, 11) is 0. The molecule has 0 unspecified atom stereocenters. The maximum absolute atomic E-state index is 12.5. The number of fused-ring (bicyclic) bond motifs is 3. The van der Waals surface area contributed by atoms with Gasteiger partial charge in [-0.05, 0) is 6.92 Å². The van der Waals surface area contributed by atoms with Crippen molar-refractivity contribution in [1.82, 2.24) is 29.0 Å². The predicted octanol–water partition coefficient (Wildman–Crippen LogP) is -1.86. The van der Waals surface area contributed by atoms with E-state index in [1.165, 1.54) is 8.80 Å². The van der Waals surface area contributed by atoms with Crippen LogP contribution in [0, 0.1) is 6.92 Å².